The number of carbonyl (C=O) groups excluding carboxylic acids is 1. The Bertz CT molecular complexity index is 912. The average molecular weight is 309 g/mol. The van der Waals surface area contributed by atoms with E-state index in [-0.39, 0.29) is 17.4 Å². The molecule has 0 aliphatic rings. The fourth-order valence-corrected chi connectivity index (χ4v) is 2.34. The van der Waals surface area contributed by atoms with Crippen molar-refractivity contribution >= 4 is 22.5 Å². The summed E-state index contributed by atoms with van der Waals surface area (Å²) >= 11 is 0. The second-order valence-corrected chi connectivity index (χ2v) is 5.09. The molecule has 23 heavy (non-hydrogen) atoms. The van der Waals surface area contributed by atoms with E-state index in [0.29, 0.717) is 16.8 Å². The minimum atomic E-state index is -0.347. The first kappa shape index (κ1) is 14.6. The molecule has 6 heteroatoms. The molecule has 0 aliphatic heterocycles. The number of para-hydroxylation sites is 1. The Hall–Kier alpha value is -3.28. The van der Waals surface area contributed by atoms with Gasteiger partial charge in [-0.3, -0.25) is 4.79 Å². The van der Waals surface area contributed by atoms with Crippen LogP contribution in [0.25, 0.3) is 10.9 Å². The maximum absolute atomic E-state index is 12.3. The van der Waals surface area contributed by atoms with E-state index in [1.54, 1.807) is 13.1 Å². The van der Waals surface area contributed by atoms with E-state index in [4.69, 9.17) is 0 Å². The molecule has 3 aromatic rings. The van der Waals surface area contributed by atoms with Crippen LogP contribution < -0.4 is 5.43 Å². The molecule has 0 spiro atoms. The molecule has 0 saturated carbocycles. The molecule has 4 N–H and O–H groups in total. The number of aromatic amines is 1. The van der Waals surface area contributed by atoms with Gasteiger partial charge in [0, 0.05) is 28.7 Å². The number of aromatic nitrogens is 1. The number of nitrogens with zero attached hydrogens (tertiary/aromatic N) is 1. The smallest absolute Gasteiger partial charge is 0.273 e. The predicted molar refractivity (Wildman–Crippen MR) is 87.7 cm³/mol. The van der Waals surface area contributed by atoms with Gasteiger partial charge in [-0.15, -0.1) is 0 Å². The number of hydrazone groups is 1. The zero-order valence-electron chi connectivity index (χ0n) is 12.4. The maximum atomic E-state index is 12.3. The van der Waals surface area contributed by atoms with Crippen molar-refractivity contribution in [2.24, 2.45) is 5.10 Å². The number of carbonyl (C=O) groups is 1. The lowest BCUT2D eigenvalue weighted by Gasteiger charge is -2.05. The Morgan fingerprint density at radius 3 is 2.70 bits per heavy atom. The molecule has 0 aliphatic carbocycles. The Morgan fingerprint density at radius 1 is 1.13 bits per heavy atom. The number of phenolic OH excluding ortho intramolecular Hbond substituents is 2. The molecular formula is C17H15N3O3. The summed E-state index contributed by atoms with van der Waals surface area (Å²) in [6, 6.07) is 11.7. The Kier molecular flexibility index (Phi) is 3.72. The van der Waals surface area contributed by atoms with Gasteiger partial charge in [-0.2, -0.15) is 5.10 Å². The molecule has 0 radical (unpaired) electrons. The lowest BCUT2D eigenvalue weighted by Crippen LogP contribution is -2.19. The van der Waals surface area contributed by atoms with Crippen LogP contribution >= 0.6 is 0 Å². The van der Waals surface area contributed by atoms with Crippen molar-refractivity contribution in [3.63, 3.8) is 0 Å². The quantitative estimate of drug-likeness (QED) is 0.442. The third-order valence-electron chi connectivity index (χ3n) is 3.53. The van der Waals surface area contributed by atoms with Gasteiger partial charge < -0.3 is 15.2 Å². The number of rotatable bonds is 3. The van der Waals surface area contributed by atoms with Crippen molar-refractivity contribution in [3.05, 3.63) is 59.8 Å². The molecule has 3 rings (SSSR count). The van der Waals surface area contributed by atoms with Crippen LogP contribution in [0.1, 0.15) is 22.8 Å². The van der Waals surface area contributed by atoms with Crippen LogP contribution in [0.2, 0.25) is 0 Å². The van der Waals surface area contributed by atoms with E-state index >= 15 is 0 Å². The number of nitrogens with one attached hydrogen (secondary N) is 2. The molecule has 116 valence electrons. The van der Waals surface area contributed by atoms with Gasteiger partial charge in [0.05, 0.1) is 11.3 Å². The van der Waals surface area contributed by atoms with Crippen LogP contribution in [0.15, 0.2) is 53.8 Å². The normalized spacial score (nSPS) is 11.6. The number of fused-ring (bicyclic) bond motifs is 1. The van der Waals surface area contributed by atoms with E-state index < -0.39 is 0 Å². The molecular weight excluding hydrogens is 294 g/mol. The number of hydrogen-bond donors (Lipinski definition) is 4. The van der Waals surface area contributed by atoms with Crippen molar-refractivity contribution in [1.29, 1.82) is 0 Å². The van der Waals surface area contributed by atoms with Crippen molar-refractivity contribution in [1.82, 2.24) is 10.4 Å². The molecule has 0 saturated heterocycles. The standard InChI is InChI=1S/C17H15N3O3/c1-10(12-7-6-11(21)8-16(12)22)19-20-17(23)14-9-18-15-5-3-2-4-13(14)15/h2-9,18,21-22H,1H3,(H,20,23)/b19-10+. The summed E-state index contributed by atoms with van der Waals surface area (Å²) < 4.78 is 0. The van der Waals surface area contributed by atoms with E-state index in [0.717, 1.165) is 10.9 Å². The average Bonchev–Trinajstić information content (AvgIpc) is 2.96. The summed E-state index contributed by atoms with van der Waals surface area (Å²) in [5.74, 6) is -0.491. The zero-order valence-corrected chi connectivity index (χ0v) is 12.4. The molecule has 0 fully saturated rings. The Balaban J connectivity index is 1.82. The monoisotopic (exact) mass is 309 g/mol. The van der Waals surface area contributed by atoms with Crippen molar-refractivity contribution in [2.75, 3.05) is 0 Å². The molecule has 0 unspecified atom stereocenters. The predicted octanol–water partition coefficient (Wildman–Crippen LogP) is 2.73. The van der Waals surface area contributed by atoms with Crippen LogP contribution in [0.5, 0.6) is 11.5 Å². The van der Waals surface area contributed by atoms with Gasteiger partial charge in [0.25, 0.3) is 5.91 Å². The molecule has 1 aromatic heterocycles. The molecule has 2 aromatic carbocycles. The minimum absolute atomic E-state index is 0.0399. The van der Waals surface area contributed by atoms with Crippen LogP contribution in [-0.2, 0) is 0 Å². The van der Waals surface area contributed by atoms with Crippen molar-refractivity contribution in [3.8, 4) is 11.5 Å². The van der Waals surface area contributed by atoms with Crippen molar-refractivity contribution in [2.45, 2.75) is 6.92 Å². The maximum Gasteiger partial charge on any atom is 0.273 e. The first-order valence-electron chi connectivity index (χ1n) is 6.99. The van der Waals surface area contributed by atoms with Crippen molar-refractivity contribution < 1.29 is 15.0 Å². The third-order valence-corrected chi connectivity index (χ3v) is 3.53. The van der Waals surface area contributed by atoms with Gasteiger partial charge in [0.15, 0.2) is 0 Å². The second kappa shape index (κ2) is 5.84. The summed E-state index contributed by atoms with van der Waals surface area (Å²) in [5, 5.41) is 23.9. The highest BCUT2D eigenvalue weighted by molar-refractivity contribution is 6.08. The van der Waals surface area contributed by atoms with Gasteiger partial charge in [-0.05, 0) is 25.1 Å². The number of aromatic hydroxyl groups is 2. The van der Waals surface area contributed by atoms with Gasteiger partial charge in [-0.1, -0.05) is 18.2 Å². The second-order valence-electron chi connectivity index (χ2n) is 5.09. The fourth-order valence-electron chi connectivity index (χ4n) is 2.34. The summed E-state index contributed by atoms with van der Waals surface area (Å²) in [6.07, 6.45) is 1.63. The Labute approximate surface area is 132 Å². The fraction of sp³-hybridized carbons (Fsp3) is 0.0588. The van der Waals surface area contributed by atoms with Crippen LogP contribution in [0.4, 0.5) is 0 Å². The molecule has 1 heterocycles. The zero-order chi connectivity index (χ0) is 16.4. The molecule has 0 atom stereocenters. The van der Waals surface area contributed by atoms with Crippen LogP contribution in [-0.4, -0.2) is 26.8 Å². The third kappa shape index (κ3) is 2.87. The van der Waals surface area contributed by atoms with Gasteiger partial charge in [0.1, 0.15) is 11.5 Å². The highest BCUT2D eigenvalue weighted by Gasteiger charge is 2.12. The van der Waals surface area contributed by atoms with E-state index in [1.165, 1.54) is 18.2 Å². The van der Waals surface area contributed by atoms with Crippen LogP contribution in [0.3, 0.4) is 0 Å². The first-order valence-corrected chi connectivity index (χ1v) is 6.99. The summed E-state index contributed by atoms with van der Waals surface area (Å²) in [4.78, 5) is 15.3. The summed E-state index contributed by atoms with van der Waals surface area (Å²) in [7, 11) is 0. The van der Waals surface area contributed by atoms with Crippen LogP contribution in [0, 0.1) is 0 Å². The highest BCUT2D eigenvalue weighted by atomic mass is 16.3. The number of H-pyrrole nitrogens is 1. The van der Waals surface area contributed by atoms with E-state index in [9.17, 15) is 15.0 Å². The lowest BCUT2D eigenvalue weighted by molar-refractivity contribution is 0.0956. The topological polar surface area (TPSA) is 97.7 Å². The highest BCUT2D eigenvalue weighted by Crippen LogP contribution is 2.23. The van der Waals surface area contributed by atoms with E-state index in [2.05, 4.69) is 15.5 Å². The van der Waals surface area contributed by atoms with Gasteiger partial charge in [0.2, 0.25) is 0 Å². The van der Waals surface area contributed by atoms with E-state index in [1.807, 2.05) is 24.3 Å². The minimum Gasteiger partial charge on any atom is -0.508 e. The van der Waals surface area contributed by atoms with Gasteiger partial charge >= 0.3 is 0 Å². The number of hydrogen-bond acceptors (Lipinski definition) is 4. The number of amides is 1. The molecule has 6 nitrogen and oxygen atoms in total. The largest absolute Gasteiger partial charge is 0.508 e. The Morgan fingerprint density at radius 2 is 1.91 bits per heavy atom. The number of benzene rings is 2. The SMILES string of the molecule is C/C(=N\NC(=O)c1c[nH]c2ccccc12)c1ccc(O)cc1O. The molecule has 1 amide bonds. The van der Waals surface area contributed by atoms with Gasteiger partial charge in [-0.25, -0.2) is 5.43 Å². The lowest BCUT2D eigenvalue weighted by atomic mass is 10.1. The summed E-state index contributed by atoms with van der Waals surface area (Å²) in [6.45, 7) is 1.65. The first-order chi connectivity index (χ1) is 11.1. The summed E-state index contributed by atoms with van der Waals surface area (Å²) in [5.41, 5.74) is 4.69. The number of phenols is 2. The molecule has 0 bridgehead atoms.